The Morgan fingerprint density at radius 1 is 1.00 bits per heavy atom. The average molecular weight is 461 g/mol. The van der Waals surface area contributed by atoms with Crippen LogP contribution in [0.2, 0.25) is 0 Å². The van der Waals surface area contributed by atoms with Crippen LogP contribution in [0.3, 0.4) is 0 Å². The highest BCUT2D eigenvalue weighted by Crippen LogP contribution is 2.33. The van der Waals surface area contributed by atoms with Crippen LogP contribution in [-0.2, 0) is 4.79 Å². The fraction of sp³-hybridized carbons (Fsp3) is 0.357. The number of carbonyl (C=O) groups excluding carboxylic acids is 2. The SMILES string of the molecule is COc1ccc([C@H](C(=O)NC2CCCC2)N(C(=O)c2ccoc2C)c2ccc(C)c(C)c2)cc1. The van der Waals surface area contributed by atoms with E-state index in [1.54, 1.807) is 25.0 Å². The number of benzene rings is 2. The van der Waals surface area contributed by atoms with Gasteiger partial charge < -0.3 is 14.5 Å². The van der Waals surface area contributed by atoms with Gasteiger partial charge in [0, 0.05) is 11.7 Å². The number of anilines is 1. The Bertz CT molecular complexity index is 1160. The maximum atomic E-state index is 14.0. The van der Waals surface area contributed by atoms with Gasteiger partial charge in [0.15, 0.2) is 0 Å². The van der Waals surface area contributed by atoms with E-state index in [0.29, 0.717) is 28.3 Å². The van der Waals surface area contributed by atoms with Crippen LogP contribution in [0.4, 0.5) is 5.69 Å². The quantitative estimate of drug-likeness (QED) is 0.494. The second kappa shape index (κ2) is 10.2. The van der Waals surface area contributed by atoms with Crippen molar-refractivity contribution in [3.63, 3.8) is 0 Å². The Kier molecular flexibility index (Phi) is 7.06. The van der Waals surface area contributed by atoms with Crippen molar-refractivity contribution >= 4 is 17.5 Å². The monoisotopic (exact) mass is 460 g/mol. The summed E-state index contributed by atoms with van der Waals surface area (Å²) in [5.41, 5.74) is 3.97. The van der Waals surface area contributed by atoms with E-state index in [9.17, 15) is 9.59 Å². The van der Waals surface area contributed by atoms with E-state index in [2.05, 4.69) is 5.32 Å². The summed E-state index contributed by atoms with van der Waals surface area (Å²) in [5.74, 6) is 0.735. The molecule has 6 nitrogen and oxygen atoms in total. The van der Waals surface area contributed by atoms with Crippen molar-refractivity contribution in [1.29, 1.82) is 0 Å². The van der Waals surface area contributed by atoms with Gasteiger partial charge in [0.1, 0.15) is 17.6 Å². The number of ether oxygens (including phenoxy) is 1. The molecule has 1 aromatic heterocycles. The molecule has 6 heteroatoms. The molecule has 1 heterocycles. The number of nitrogens with one attached hydrogen (secondary N) is 1. The second-order valence-electron chi connectivity index (χ2n) is 9.00. The van der Waals surface area contributed by atoms with Crippen LogP contribution >= 0.6 is 0 Å². The highest BCUT2D eigenvalue weighted by Gasteiger charge is 2.36. The Morgan fingerprint density at radius 2 is 1.71 bits per heavy atom. The first-order valence-corrected chi connectivity index (χ1v) is 11.8. The van der Waals surface area contributed by atoms with E-state index < -0.39 is 6.04 Å². The molecule has 0 saturated heterocycles. The lowest BCUT2D eigenvalue weighted by Crippen LogP contribution is -2.46. The molecule has 4 rings (SSSR count). The Labute approximate surface area is 200 Å². The largest absolute Gasteiger partial charge is 0.497 e. The molecule has 34 heavy (non-hydrogen) atoms. The zero-order valence-corrected chi connectivity index (χ0v) is 20.3. The van der Waals surface area contributed by atoms with Gasteiger partial charge in [-0.25, -0.2) is 0 Å². The summed E-state index contributed by atoms with van der Waals surface area (Å²) in [5, 5.41) is 3.21. The van der Waals surface area contributed by atoms with Crippen molar-refractivity contribution in [1.82, 2.24) is 5.32 Å². The first-order chi connectivity index (χ1) is 16.4. The molecule has 0 spiro atoms. The number of amides is 2. The molecule has 1 saturated carbocycles. The lowest BCUT2D eigenvalue weighted by atomic mass is 10.00. The molecule has 1 fully saturated rings. The molecule has 2 amide bonds. The zero-order valence-electron chi connectivity index (χ0n) is 20.3. The lowest BCUT2D eigenvalue weighted by molar-refractivity contribution is -0.123. The fourth-order valence-corrected chi connectivity index (χ4v) is 4.55. The standard InChI is InChI=1S/C28H32N2O4/c1-18-9-12-23(17-19(18)2)30(28(32)25-15-16-34-20(25)3)26(21-10-13-24(33-4)14-11-21)27(31)29-22-7-5-6-8-22/h9-17,22,26H,5-8H2,1-4H3,(H,29,31)/t26-/m1/s1. The van der Waals surface area contributed by atoms with Crippen molar-refractivity contribution in [2.45, 2.75) is 58.5 Å². The molecule has 0 radical (unpaired) electrons. The van der Waals surface area contributed by atoms with Crippen LogP contribution in [0.15, 0.2) is 59.2 Å². The van der Waals surface area contributed by atoms with Gasteiger partial charge in [0.25, 0.3) is 5.91 Å². The summed E-state index contributed by atoms with van der Waals surface area (Å²) in [4.78, 5) is 29.4. The summed E-state index contributed by atoms with van der Waals surface area (Å²) >= 11 is 0. The minimum absolute atomic E-state index is 0.126. The van der Waals surface area contributed by atoms with E-state index in [1.165, 1.54) is 6.26 Å². The molecule has 1 atom stereocenters. The third kappa shape index (κ3) is 4.86. The highest BCUT2D eigenvalue weighted by atomic mass is 16.5. The van der Waals surface area contributed by atoms with Crippen molar-refractivity contribution in [2.24, 2.45) is 0 Å². The fourth-order valence-electron chi connectivity index (χ4n) is 4.55. The minimum Gasteiger partial charge on any atom is -0.497 e. The van der Waals surface area contributed by atoms with Crippen molar-refractivity contribution < 1.29 is 18.7 Å². The highest BCUT2D eigenvalue weighted by molar-refractivity contribution is 6.10. The maximum absolute atomic E-state index is 14.0. The van der Waals surface area contributed by atoms with Gasteiger partial charge >= 0.3 is 0 Å². The number of hydrogen-bond acceptors (Lipinski definition) is 4. The van der Waals surface area contributed by atoms with E-state index in [0.717, 1.165) is 36.8 Å². The average Bonchev–Trinajstić information content (AvgIpc) is 3.50. The molecule has 0 aliphatic heterocycles. The molecule has 2 aromatic carbocycles. The first-order valence-electron chi connectivity index (χ1n) is 11.8. The molecule has 0 bridgehead atoms. The van der Waals surface area contributed by atoms with E-state index in [-0.39, 0.29) is 17.9 Å². The van der Waals surface area contributed by atoms with Crippen LogP contribution in [-0.4, -0.2) is 25.0 Å². The van der Waals surface area contributed by atoms with Crippen LogP contribution in [0.5, 0.6) is 5.75 Å². The smallest absolute Gasteiger partial charge is 0.262 e. The van der Waals surface area contributed by atoms with Gasteiger partial charge in [-0.15, -0.1) is 0 Å². The molecule has 1 aliphatic carbocycles. The topological polar surface area (TPSA) is 71.8 Å². The van der Waals surface area contributed by atoms with Crippen molar-refractivity contribution in [3.8, 4) is 5.75 Å². The normalized spacial score (nSPS) is 14.6. The van der Waals surface area contributed by atoms with E-state index >= 15 is 0 Å². The number of aryl methyl sites for hydroxylation is 3. The molecule has 0 unspecified atom stereocenters. The summed E-state index contributed by atoms with van der Waals surface area (Å²) in [6.45, 7) is 5.79. The number of nitrogens with zero attached hydrogens (tertiary/aromatic N) is 1. The number of hydrogen-bond donors (Lipinski definition) is 1. The summed E-state index contributed by atoms with van der Waals surface area (Å²) < 4.78 is 10.8. The van der Waals surface area contributed by atoms with Crippen molar-refractivity contribution in [3.05, 3.63) is 82.8 Å². The molecular weight excluding hydrogens is 428 g/mol. The number of furan rings is 1. The zero-order chi connectivity index (χ0) is 24.2. The number of methoxy groups -OCH3 is 1. The maximum Gasteiger partial charge on any atom is 0.262 e. The summed E-state index contributed by atoms with van der Waals surface area (Å²) in [6.07, 6.45) is 5.62. The van der Waals surface area contributed by atoms with Gasteiger partial charge in [-0.2, -0.15) is 0 Å². The summed E-state index contributed by atoms with van der Waals surface area (Å²) in [7, 11) is 1.60. The van der Waals surface area contributed by atoms with Crippen LogP contribution in [0.25, 0.3) is 0 Å². The number of carbonyl (C=O) groups is 2. The Balaban J connectivity index is 1.84. The third-order valence-corrected chi connectivity index (χ3v) is 6.72. The summed E-state index contributed by atoms with van der Waals surface area (Å²) in [6, 6.07) is 14.1. The van der Waals surface area contributed by atoms with E-state index in [1.807, 2.05) is 56.3 Å². The predicted octanol–water partition coefficient (Wildman–Crippen LogP) is 5.66. The van der Waals surface area contributed by atoms with E-state index in [4.69, 9.17) is 9.15 Å². The van der Waals surface area contributed by atoms with Gasteiger partial charge in [0.05, 0.1) is 18.9 Å². The second-order valence-corrected chi connectivity index (χ2v) is 9.00. The van der Waals surface area contributed by atoms with Gasteiger partial charge in [-0.1, -0.05) is 31.0 Å². The van der Waals surface area contributed by atoms with Gasteiger partial charge in [0.2, 0.25) is 5.91 Å². The third-order valence-electron chi connectivity index (χ3n) is 6.72. The molecule has 1 aliphatic rings. The van der Waals surface area contributed by atoms with Crippen LogP contribution in [0.1, 0.15) is 64.5 Å². The lowest BCUT2D eigenvalue weighted by Gasteiger charge is -2.32. The molecule has 3 aromatic rings. The van der Waals surface area contributed by atoms with Crippen LogP contribution < -0.4 is 15.0 Å². The Morgan fingerprint density at radius 3 is 2.29 bits per heavy atom. The molecule has 1 N–H and O–H groups in total. The van der Waals surface area contributed by atoms with Gasteiger partial charge in [-0.3, -0.25) is 14.5 Å². The molecular formula is C28H32N2O4. The molecule has 178 valence electrons. The minimum atomic E-state index is -0.851. The van der Waals surface area contributed by atoms with Crippen molar-refractivity contribution in [2.75, 3.05) is 12.0 Å². The Hall–Kier alpha value is -3.54. The predicted molar refractivity (Wildman–Crippen MR) is 132 cm³/mol. The number of rotatable bonds is 7. The first kappa shape index (κ1) is 23.6. The van der Waals surface area contributed by atoms with Crippen LogP contribution in [0, 0.1) is 20.8 Å². The van der Waals surface area contributed by atoms with Gasteiger partial charge in [-0.05, 0) is 80.6 Å².